The van der Waals surface area contributed by atoms with Gasteiger partial charge in [0.25, 0.3) is 0 Å². The number of nitrogens with two attached hydrogens (primary N) is 7. The molecule has 88 heavy (non-hydrogen) atoms. The first-order valence-corrected chi connectivity index (χ1v) is 25.4. The molecule has 0 aromatic rings. The Kier molecular flexibility index (Phi) is 111. The first-order valence-electron chi connectivity index (χ1n) is 23.9. The van der Waals surface area contributed by atoms with E-state index in [4.69, 9.17) is 95.1 Å². The average Bonchev–Trinajstić information content (AvgIpc) is 3.28. The summed E-state index contributed by atoms with van der Waals surface area (Å²) in [5.74, 6) is -12.5. The molecule has 0 aliphatic rings. The second kappa shape index (κ2) is 75.3. The largest absolute Gasteiger partial charge is 1.00 e. The van der Waals surface area contributed by atoms with E-state index in [0.29, 0.717) is 0 Å². The van der Waals surface area contributed by atoms with Crippen LogP contribution in [0.4, 0.5) is 0 Å². The zero-order valence-electron chi connectivity index (χ0n) is 55.1. The number of carbonyl (C=O) groups excluding carboxylic acids is 4. The van der Waals surface area contributed by atoms with Crippen molar-refractivity contribution in [2.24, 2.45) is 81.6 Å². The summed E-state index contributed by atoms with van der Waals surface area (Å²) in [7, 11) is -5.39. The Labute approximate surface area is 669 Å². The summed E-state index contributed by atoms with van der Waals surface area (Å²) < 4.78 is 8.55. The van der Waals surface area contributed by atoms with E-state index in [0.717, 1.165) is 9.80 Å². The Balaban J connectivity index is -0.0000000483. The van der Waals surface area contributed by atoms with E-state index < -0.39 is 142 Å². The number of aliphatic carboxylic acids is 11. The summed E-state index contributed by atoms with van der Waals surface area (Å²) >= 11 is 0. The summed E-state index contributed by atoms with van der Waals surface area (Å²) in [6.07, 6.45) is 0. The molecule has 482 valence electrons. The second-order valence-electron chi connectivity index (χ2n) is 19.1. The third kappa shape index (κ3) is 106. The van der Waals surface area contributed by atoms with Crippen LogP contribution in [-0.4, -0.2) is 193 Å². The molecule has 0 unspecified atom stereocenters. The smallest absolute Gasteiger partial charge is 0.822 e. The van der Waals surface area contributed by atoms with E-state index in [-0.39, 0.29) is 261 Å². The summed E-state index contributed by atoms with van der Waals surface area (Å²) in [5.41, 5.74) is 36.1. The van der Waals surface area contributed by atoms with Crippen molar-refractivity contribution in [1.82, 2.24) is 9.80 Å². The molecule has 21 N–H and O–H groups in total. The van der Waals surface area contributed by atoms with Gasteiger partial charge in [0.2, 0.25) is 0 Å². The van der Waals surface area contributed by atoms with Crippen molar-refractivity contribution >= 4 is 73.5 Å². The number of rotatable bonds is 25. The first kappa shape index (κ1) is 129. The van der Waals surface area contributed by atoms with Gasteiger partial charge in [0, 0.05) is 39.3 Å². The Hall–Kier alpha value is 0.920. The normalized spacial score (nSPS) is 12.0. The van der Waals surface area contributed by atoms with Crippen LogP contribution in [-0.2, 0) is 57.3 Å². The number of carbonyl (C=O) groups is 11. The fourth-order valence-corrected chi connectivity index (χ4v) is 3.44. The minimum atomic E-state index is -5.39. The van der Waals surface area contributed by atoms with Gasteiger partial charge in [-0.05, 0) is 41.4 Å². The van der Waals surface area contributed by atoms with E-state index in [2.05, 4.69) is 0 Å². The van der Waals surface area contributed by atoms with Gasteiger partial charge in [-0.15, -0.1) is 0 Å². The Morgan fingerprint density at radius 1 is 0.295 bits per heavy atom. The van der Waals surface area contributed by atoms with Crippen molar-refractivity contribution in [3.05, 3.63) is 0 Å². The van der Waals surface area contributed by atoms with Crippen LogP contribution < -0.4 is 282 Å². The predicted octanol–water partition coefficient (Wildman–Crippen LogP) is -30.8. The van der Waals surface area contributed by atoms with Gasteiger partial charge in [0.15, 0.2) is 0 Å². The van der Waals surface area contributed by atoms with Crippen molar-refractivity contribution < 1.29 is 335 Å². The molecule has 0 saturated carbocycles. The maximum atomic E-state index is 10.4. The van der Waals surface area contributed by atoms with Crippen LogP contribution in [0.5, 0.6) is 0 Å². The molecule has 0 fully saturated rings. The molecule has 43 heteroatoms. The fraction of sp³-hybridized carbons (Fsp3) is 0.756. The Bertz CT molecular complexity index is 1590. The maximum Gasteiger partial charge on any atom is 1.00 e. The molecule has 7 atom stereocenters. The zero-order chi connectivity index (χ0) is 67.3. The maximum absolute atomic E-state index is 10.4. The minimum Gasteiger partial charge on any atom is -0.822 e. The average molecular weight is 1360 g/mol. The van der Waals surface area contributed by atoms with Crippen LogP contribution in [0.3, 0.4) is 0 Å². The molecule has 0 aliphatic heterocycles. The van der Waals surface area contributed by atoms with Crippen LogP contribution in [0.15, 0.2) is 0 Å². The van der Waals surface area contributed by atoms with Crippen molar-refractivity contribution in [3.63, 3.8) is 0 Å². The van der Waals surface area contributed by atoms with Crippen LogP contribution in [0.25, 0.3) is 0 Å². The van der Waals surface area contributed by atoms with Crippen molar-refractivity contribution in [3.8, 4) is 0 Å². The predicted molar refractivity (Wildman–Crippen MR) is 274 cm³/mol. The molecule has 0 saturated heterocycles. The molecule has 0 aromatic heterocycles. The van der Waals surface area contributed by atoms with E-state index in [1.165, 1.54) is 0 Å². The van der Waals surface area contributed by atoms with Crippen molar-refractivity contribution in [2.45, 2.75) is 139 Å². The van der Waals surface area contributed by atoms with E-state index in [9.17, 15) is 73.2 Å². The Morgan fingerprint density at radius 3 is 0.409 bits per heavy atom. The van der Waals surface area contributed by atoms with Gasteiger partial charge in [-0.1, -0.05) is 96.9 Å². The number of phosphoric acid groups is 1. The monoisotopic (exact) mass is 1360 g/mol. The van der Waals surface area contributed by atoms with Crippen LogP contribution >= 0.6 is 7.82 Å². The van der Waals surface area contributed by atoms with E-state index >= 15 is 0 Å². The van der Waals surface area contributed by atoms with E-state index in [1.807, 2.05) is 0 Å². The van der Waals surface area contributed by atoms with Crippen molar-refractivity contribution in [1.29, 1.82) is 0 Å². The van der Waals surface area contributed by atoms with Crippen LogP contribution in [0.2, 0.25) is 0 Å². The van der Waals surface area contributed by atoms with Gasteiger partial charge >= 0.3 is 249 Å². The molecule has 0 spiro atoms. The quantitative estimate of drug-likeness (QED) is 0.0298. The summed E-state index contributed by atoms with van der Waals surface area (Å²) in [5, 5.41) is 99.2. The van der Waals surface area contributed by atoms with E-state index in [1.54, 1.807) is 96.9 Å². The number of hydrogen-bond acceptors (Lipinski definition) is 28. The third-order valence-electron chi connectivity index (χ3n) is 9.17. The van der Waals surface area contributed by atoms with Gasteiger partial charge < -0.3 is 135 Å². The molecule has 0 aromatic carbocycles. The molecule has 0 heterocycles. The SMILES string of the molecule is CC(C)[C@H](N)C(=O)O.CC(C)[C@H](N)C(=O)O.CC(C)[C@H](N)C(=O)O.CC(C)[C@H](N)C(=O)O.CC(C)[C@H](N)C(=O)O.CC(C)[C@H](N)C(=O)O.CC(C)[C@H](N)C(=O)O.O=C([O-])CN(CCN(CC(=O)[O-])CC(=O)[O-])CC(=O)[O-].O=P([O-])([O-])[O-].[Na+].[Na+].[Na+].[Na+].[Na+].[Na+].[Na+]. The third-order valence-corrected chi connectivity index (χ3v) is 9.17. The molecule has 0 amide bonds. The molecule has 0 aliphatic carbocycles. The van der Waals surface area contributed by atoms with Crippen LogP contribution in [0, 0.1) is 41.4 Å². The van der Waals surface area contributed by atoms with Gasteiger partial charge in [-0.2, -0.15) is 7.82 Å². The van der Waals surface area contributed by atoms with Gasteiger partial charge in [-0.3, -0.25) is 43.4 Å². The topological polar surface area (TPSA) is 696 Å². The molecular weight excluding hydrogens is 1270 g/mol. The van der Waals surface area contributed by atoms with Gasteiger partial charge in [0.05, 0.1) is 23.9 Å². The molecular formula is C45H89N9Na7O26P. The summed E-state index contributed by atoms with van der Waals surface area (Å²) in [4.78, 5) is 139. The van der Waals surface area contributed by atoms with Gasteiger partial charge in [-0.25, -0.2) is 0 Å². The van der Waals surface area contributed by atoms with Crippen molar-refractivity contribution in [2.75, 3.05) is 39.3 Å². The standard InChI is InChI=1S/C10H16N2O8.7C5H11NO2.7Na.H3O4P/c13-7(14)3-11(4-8(15)16)1-2-12(5-9(17)18)6-10(19)20;7*1-3(2)4(6)5(7)8;;;;;;;;1-5(2,3)4/h1-6H2,(H,13,14)(H,15,16)(H,17,18)(H,19,20);7*3-4H,6H2,1-2H3,(H,7,8);;;;;;;;(H3,1,2,3,4)/q;;;;;;;;7*+1;/p-7/t;7*4-;;;;;;;;/m.0000000......../s1. The number of carboxylic acid groups (broad SMARTS) is 11. The molecule has 0 radical (unpaired) electrons. The molecule has 0 bridgehead atoms. The Morgan fingerprint density at radius 2 is 0.375 bits per heavy atom. The summed E-state index contributed by atoms with van der Waals surface area (Å²) in [6.45, 7) is 21.6. The van der Waals surface area contributed by atoms with Crippen LogP contribution in [0.1, 0.15) is 96.9 Å². The second-order valence-corrected chi connectivity index (χ2v) is 20.0. The fourth-order valence-electron chi connectivity index (χ4n) is 3.44. The molecule has 35 nitrogen and oxygen atoms in total. The first-order chi connectivity index (χ1) is 36.1. The number of carboxylic acids is 11. The number of hydrogen-bond donors (Lipinski definition) is 14. The zero-order valence-corrected chi connectivity index (χ0v) is 70.0. The van der Waals surface area contributed by atoms with Gasteiger partial charge in [0.1, 0.15) is 42.3 Å². The summed E-state index contributed by atoms with van der Waals surface area (Å²) in [6, 6.07) is -4.99. The molecule has 0 rings (SSSR count). The minimum absolute atomic E-state index is 0. The number of nitrogens with zero attached hydrogens (tertiary/aromatic N) is 2.